The second-order valence-corrected chi connectivity index (χ2v) is 9.19. The lowest BCUT2D eigenvalue weighted by Gasteiger charge is -2.10. The smallest absolute Gasteiger partial charge is 0.347 e. The Morgan fingerprint density at radius 3 is 2.38 bits per heavy atom. The zero-order valence-electron chi connectivity index (χ0n) is 22.3. The lowest BCUT2D eigenvalue weighted by atomic mass is 10.0. The topological polar surface area (TPSA) is 100 Å². The Labute approximate surface area is 225 Å². The van der Waals surface area contributed by atoms with Gasteiger partial charge in [-0.3, -0.25) is 4.79 Å². The van der Waals surface area contributed by atoms with Gasteiger partial charge in [-0.25, -0.2) is 4.79 Å². The van der Waals surface area contributed by atoms with Crippen molar-refractivity contribution in [2.24, 2.45) is 0 Å². The van der Waals surface area contributed by atoms with E-state index < -0.39 is 5.63 Å². The Bertz CT molecular complexity index is 1730. The molecule has 0 atom stereocenters. The Morgan fingerprint density at radius 2 is 1.62 bits per heavy atom. The summed E-state index contributed by atoms with van der Waals surface area (Å²) >= 11 is 0. The van der Waals surface area contributed by atoms with Crippen molar-refractivity contribution in [2.75, 3.05) is 27.9 Å². The van der Waals surface area contributed by atoms with Gasteiger partial charge in [0.05, 0.1) is 27.8 Å². The standard InChI is InChI=1S/C31H29NO7/c1-18-13-27-29(31(34)38-18)24(17-28(33)32-12-11-19-5-10-25(36-3)26(14-19)37-4)30(39-27)22-7-6-21-16-23(35-2)9-8-20(21)15-22/h5-10,13-16H,11-12,17H2,1-4H3,(H,32,33). The lowest BCUT2D eigenvalue weighted by molar-refractivity contribution is -0.120. The highest BCUT2D eigenvalue weighted by atomic mass is 16.5. The second kappa shape index (κ2) is 10.9. The highest BCUT2D eigenvalue weighted by Crippen LogP contribution is 2.35. The van der Waals surface area contributed by atoms with E-state index in [1.54, 1.807) is 34.3 Å². The molecule has 5 rings (SSSR count). The van der Waals surface area contributed by atoms with Gasteiger partial charge in [-0.1, -0.05) is 24.3 Å². The van der Waals surface area contributed by atoms with Crippen molar-refractivity contribution >= 4 is 27.6 Å². The molecule has 0 aliphatic heterocycles. The number of hydrogen-bond acceptors (Lipinski definition) is 7. The molecule has 200 valence electrons. The molecule has 39 heavy (non-hydrogen) atoms. The molecule has 0 bridgehead atoms. The summed E-state index contributed by atoms with van der Waals surface area (Å²) < 4.78 is 27.5. The van der Waals surface area contributed by atoms with E-state index in [4.69, 9.17) is 23.0 Å². The van der Waals surface area contributed by atoms with Crippen LogP contribution in [0.1, 0.15) is 16.9 Å². The number of fused-ring (bicyclic) bond motifs is 2. The summed E-state index contributed by atoms with van der Waals surface area (Å²) in [5, 5.41) is 5.20. The van der Waals surface area contributed by atoms with Gasteiger partial charge in [0, 0.05) is 23.7 Å². The monoisotopic (exact) mass is 527 g/mol. The molecule has 8 heteroatoms. The van der Waals surface area contributed by atoms with Crippen LogP contribution in [-0.4, -0.2) is 33.8 Å². The fraction of sp³-hybridized carbons (Fsp3) is 0.226. The van der Waals surface area contributed by atoms with Gasteiger partial charge in [-0.05, 0) is 60.0 Å². The quantitative estimate of drug-likeness (QED) is 0.272. The number of aryl methyl sites for hydroxylation is 1. The van der Waals surface area contributed by atoms with Gasteiger partial charge in [0.1, 0.15) is 28.2 Å². The first kappa shape index (κ1) is 25.9. The third kappa shape index (κ3) is 5.31. The van der Waals surface area contributed by atoms with E-state index in [1.165, 1.54) is 0 Å². The molecule has 0 saturated carbocycles. The van der Waals surface area contributed by atoms with E-state index in [2.05, 4.69) is 5.32 Å². The van der Waals surface area contributed by atoms with E-state index >= 15 is 0 Å². The van der Waals surface area contributed by atoms with Crippen LogP contribution >= 0.6 is 0 Å². The number of benzene rings is 3. The van der Waals surface area contributed by atoms with Gasteiger partial charge in [-0.2, -0.15) is 0 Å². The maximum Gasteiger partial charge on any atom is 0.347 e. The minimum absolute atomic E-state index is 0.0390. The van der Waals surface area contributed by atoms with E-state index in [-0.39, 0.29) is 17.7 Å². The molecular formula is C31H29NO7. The number of amides is 1. The summed E-state index contributed by atoms with van der Waals surface area (Å²) in [7, 11) is 4.80. The third-order valence-electron chi connectivity index (χ3n) is 6.66. The van der Waals surface area contributed by atoms with E-state index in [1.807, 2.05) is 54.6 Å². The number of hydrogen-bond donors (Lipinski definition) is 1. The molecule has 0 saturated heterocycles. The average Bonchev–Trinajstić information content (AvgIpc) is 3.30. The van der Waals surface area contributed by atoms with Crippen molar-refractivity contribution in [1.29, 1.82) is 0 Å². The second-order valence-electron chi connectivity index (χ2n) is 9.19. The number of carbonyl (C=O) groups excluding carboxylic acids is 1. The molecule has 0 unspecified atom stereocenters. The minimum atomic E-state index is -0.529. The van der Waals surface area contributed by atoms with Crippen LogP contribution in [0.4, 0.5) is 0 Å². The summed E-state index contributed by atoms with van der Waals surface area (Å²) in [6, 6.07) is 18.9. The summed E-state index contributed by atoms with van der Waals surface area (Å²) in [5.41, 5.74) is 2.11. The maximum atomic E-state index is 13.1. The van der Waals surface area contributed by atoms with Gasteiger partial charge in [0.25, 0.3) is 0 Å². The molecule has 3 aromatic carbocycles. The average molecular weight is 528 g/mol. The van der Waals surface area contributed by atoms with Crippen molar-refractivity contribution in [3.8, 4) is 28.6 Å². The lowest BCUT2D eigenvalue weighted by Crippen LogP contribution is -2.27. The van der Waals surface area contributed by atoms with Crippen LogP contribution in [0.25, 0.3) is 33.1 Å². The molecule has 0 aliphatic rings. The third-order valence-corrected chi connectivity index (χ3v) is 6.66. The van der Waals surface area contributed by atoms with E-state index in [0.717, 1.165) is 27.6 Å². The normalized spacial score (nSPS) is 11.1. The molecule has 2 aromatic heterocycles. The first-order valence-corrected chi connectivity index (χ1v) is 12.5. The highest BCUT2D eigenvalue weighted by Gasteiger charge is 2.22. The molecule has 0 fully saturated rings. The minimum Gasteiger partial charge on any atom is -0.497 e. The van der Waals surface area contributed by atoms with Crippen LogP contribution in [0.2, 0.25) is 0 Å². The summed E-state index contributed by atoms with van der Waals surface area (Å²) in [6.45, 7) is 2.10. The highest BCUT2D eigenvalue weighted by molar-refractivity contribution is 5.95. The van der Waals surface area contributed by atoms with Crippen LogP contribution in [0.5, 0.6) is 17.2 Å². The SMILES string of the molecule is COc1ccc2cc(-c3oc4cc(C)oc(=O)c4c3CC(=O)NCCc3ccc(OC)c(OC)c3)ccc2c1. The summed E-state index contributed by atoms with van der Waals surface area (Å²) in [4.78, 5) is 25.9. The molecule has 0 radical (unpaired) electrons. The van der Waals surface area contributed by atoms with Crippen LogP contribution < -0.4 is 25.2 Å². The number of ether oxygens (including phenoxy) is 3. The fourth-order valence-electron chi connectivity index (χ4n) is 4.72. The number of rotatable bonds is 9. The summed E-state index contributed by atoms with van der Waals surface area (Å²) in [6.07, 6.45) is 0.559. The number of furan rings is 1. The van der Waals surface area contributed by atoms with Crippen molar-refractivity contribution in [3.05, 3.63) is 88.0 Å². The van der Waals surface area contributed by atoms with Crippen molar-refractivity contribution < 1.29 is 27.8 Å². The molecule has 8 nitrogen and oxygen atoms in total. The molecule has 0 spiro atoms. The first-order valence-electron chi connectivity index (χ1n) is 12.5. The Balaban J connectivity index is 1.42. The summed E-state index contributed by atoms with van der Waals surface area (Å²) in [5.74, 6) is 2.71. The largest absolute Gasteiger partial charge is 0.497 e. The maximum absolute atomic E-state index is 13.1. The van der Waals surface area contributed by atoms with E-state index in [9.17, 15) is 9.59 Å². The number of methoxy groups -OCH3 is 3. The Morgan fingerprint density at radius 1 is 0.846 bits per heavy atom. The van der Waals surface area contributed by atoms with Gasteiger partial charge in [0.15, 0.2) is 11.5 Å². The molecule has 1 N–H and O–H groups in total. The predicted octanol–water partition coefficient (Wildman–Crippen LogP) is 5.44. The molecule has 1 amide bonds. The van der Waals surface area contributed by atoms with Gasteiger partial charge < -0.3 is 28.4 Å². The Hall–Kier alpha value is -4.72. The number of carbonyl (C=O) groups is 1. The number of nitrogens with one attached hydrogen (secondary N) is 1. The zero-order valence-corrected chi connectivity index (χ0v) is 22.3. The van der Waals surface area contributed by atoms with Crippen molar-refractivity contribution in [2.45, 2.75) is 19.8 Å². The fourth-order valence-corrected chi connectivity index (χ4v) is 4.72. The van der Waals surface area contributed by atoms with Gasteiger partial charge >= 0.3 is 5.63 Å². The van der Waals surface area contributed by atoms with Crippen LogP contribution in [0.3, 0.4) is 0 Å². The molecule has 2 heterocycles. The molecular weight excluding hydrogens is 498 g/mol. The van der Waals surface area contributed by atoms with Gasteiger partial charge in [0.2, 0.25) is 5.91 Å². The zero-order chi connectivity index (χ0) is 27.5. The van der Waals surface area contributed by atoms with Crippen LogP contribution in [0.15, 0.2) is 74.3 Å². The van der Waals surface area contributed by atoms with Crippen molar-refractivity contribution in [1.82, 2.24) is 5.32 Å². The Kier molecular flexibility index (Phi) is 7.27. The first-order chi connectivity index (χ1) is 18.9. The van der Waals surface area contributed by atoms with Crippen LogP contribution in [-0.2, 0) is 17.6 Å². The van der Waals surface area contributed by atoms with Crippen molar-refractivity contribution in [3.63, 3.8) is 0 Å². The van der Waals surface area contributed by atoms with Crippen LogP contribution in [0, 0.1) is 6.92 Å². The molecule has 0 aliphatic carbocycles. The predicted molar refractivity (Wildman–Crippen MR) is 149 cm³/mol. The van der Waals surface area contributed by atoms with E-state index in [0.29, 0.717) is 47.1 Å². The molecule has 5 aromatic rings. The van der Waals surface area contributed by atoms with Gasteiger partial charge in [-0.15, -0.1) is 0 Å².